The van der Waals surface area contributed by atoms with Gasteiger partial charge in [0.05, 0.1) is 16.4 Å². The van der Waals surface area contributed by atoms with Crippen molar-refractivity contribution < 1.29 is 4.79 Å². The number of aromatic nitrogens is 2. The number of amides is 1. The zero-order valence-corrected chi connectivity index (χ0v) is 16.1. The van der Waals surface area contributed by atoms with Gasteiger partial charge in [0.2, 0.25) is 0 Å². The van der Waals surface area contributed by atoms with Crippen molar-refractivity contribution in [2.24, 2.45) is 0 Å². The molecule has 4 nitrogen and oxygen atoms in total. The van der Waals surface area contributed by atoms with Gasteiger partial charge in [0, 0.05) is 32.9 Å². The van der Waals surface area contributed by atoms with Crippen LogP contribution >= 0.6 is 34.4 Å². The van der Waals surface area contributed by atoms with Crippen LogP contribution < -0.4 is 5.32 Å². The maximum atomic E-state index is 12.3. The summed E-state index contributed by atoms with van der Waals surface area (Å²) >= 11 is 4.90. The molecule has 1 saturated carbocycles. The Morgan fingerprint density at radius 2 is 2.00 bits per heavy atom. The van der Waals surface area contributed by atoms with Crippen LogP contribution in [0.1, 0.15) is 45.5 Å². The molecule has 0 aliphatic heterocycles. The molecule has 1 amide bonds. The van der Waals surface area contributed by atoms with E-state index in [4.69, 9.17) is 0 Å². The lowest BCUT2D eigenvalue weighted by Crippen LogP contribution is -2.11. The quantitative estimate of drug-likeness (QED) is 0.581. The van der Waals surface area contributed by atoms with E-state index in [1.54, 1.807) is 23.1 Å². The van der Waals surface area contributed by atoms with Gasteiger partial charge in [-0.1, -0.05) is 0 Å². The molecule has 3 aromatic rings. The molecule has 2 aromatic heterocycles. The van der Waals surface area contributed by atoms with Crippen LogP contribution in [-0.4, -0.2) is 15.9 Å². The highest BCUT2D eigenvalue weighted by molar-refractivity contribution is 7.98. The molecule has 1 aromatic carbocycles. The highest BCUT2D eigenvalue weighted by Gasteiger charge is 2.26. The molecule has 1 fully saturated rings. The number of benzene rings is 1. The standard InChI is InChI=1S/C18H17N3OS3/c1-11-19-14(8-23-11)9-24-15-6-4-13(5-7-15)17(22)21-18-20-16(10-25-18)12-2-3-12/h4-8,10,12H,2-3,9H2,1H3,(H,20,21,22). The van der Waals surface area contributed by atoms with Gasteiger partial charge < -0.3 is 0 Å². The number of hydrogen-bond donors (Lipinski definition) is 1. The van der Waals surface area contributed by atoms with Gasteiger partial charge in [0.25, 0.3) is 5.91 Å². The zero-order valence-electron chi connectivity index (χ0n) is 13.7. The van der Waals surface area contributed by atoms with Gasteiger partial charge in [0.1, 0.15) is 0 Å². The summed E-state index contributed by atoms with van der Waals surface area (Å²) in [6.07, 6.45) is 2.44. The summed E-state index contributed by atoms with van der Waals surface area (Å²) in [7, 11) is 0. The maximum absolute atomic E-state index is 12.3. The van der Waals surface area contributed by atoms with Crippen molar-refractivity contribution >= 4 is 45.5 Å². The number of nitrogens with one attached hydrogen (secondary N) is 1. The Kier molecular flexibility index (Phi) is 4.87. The predicted molar refractivity (Wildman–Crippen MR) is 105 cm³/mol. The van der Waals surface area contributed by atoms with Gasteiger partial charge in [-0.25, -0.2) is 9.97 Å². The lowest BCUT2D eigenvalue weighted by atomic mass is 10.2. The fourth-order valence-corrected chi connectivity index (χ4v) is 4.71. The van der Waals surface area contributed by atoms with Crippen LogP contribution in [0.25, 0.3) is 0 Å². The minimum Gasteiger partial charge on any atom is -0.298 e. The summed E-state index contributed by atoms with van der Waals surface area (Å²) in [4.78, 5) is 22.4. The molecule has 0 bridgehead atoms. The van der Waals surface area contributed by atoms with E-state index >= 15 is 0 Å². The predicted octanol–water partition coefficient (Wildman–Crippen LogP) is 5.33. The first-order valence-corrected chi connectivity index (χ1v) is 10.8. The molecular weight excluding hydrogens is 370 g/mol. The van der Waals surface area contributed by atoms with Crippen molar-refractivity contribution in [2.45, 2.75) is 36.3 Å². The summed E-state index contributed by atoms with van der Waals surface area (Å²) in [5.41, 5.74) is 2.87. The summed E-state index contributed by atoms with van der Waals surface area (Å²) < 4.78 is 0. The van der Waals surface area contributed by atoms with Gasteiger partial charge in [-0.2, -0.15) is 0 Å². The van der Waals surface area contributed by atoms with Gasteiger partial charge in [0.15, 0.2) is 5.13 Å². The zero-order chi connectivity index (χ0) is 17.2. The Bertz CT molecular complexity index is 881. The molecule has 2 heterocycles. The third kappa shape index (κ3) is 4.29. The van der Waals surface area contributed by atoms with E-state index in [1.807, 2.05) is 36.6 Å². The molecule has 0 atom stereocenters. The number of rotatable bonds is 6. The molecule has 1 aliphatic rings. The van der Waals surface area contributed by atoms with Crippen LogP contribution in [0.5, 0.6) is 0 Å². The van der Waals surface area contributed by atoms with E-state index in [1.165, 1.54) is 24.2 Å². The Morgan fingerprint density at radius 3 is 2.68 bits per heavy atom. The first-order chi connectivity index (χ1) is 12.2. The topological polar surface area (TPSA) is 54.9 Å². The number of hydrogen-bond acceptors (Lipinski definition) is 6. The largest absolute Gasteiger partial charge is 0.298 e. The lowest BCUT2D eigenvalue weighted by Gasteiger charge is -2.04. The highest BCUT2D eigenvalue weighted by Crippen LogP contribution is 2.40. The van der Waals surface area contributed by atoms with Crippen LogP contribution in [0.2, 0.25) is 0 Å². The maximum Gasteiger partial charge on any atom is 0.257 e. The van der Waals surface area contributed by atoms with E-state index in [9.17, 15) is 4.79 Å². The minimum absolute atomic E-state index is 0.108. The van der Waals surface area contributed by atoms with Crippen LogP contribution in [0.15, 0.2) is 39.9 Å². The number of anilines is 1. The molecule has 0 unspecified atom stereocenters. The molecule has 4 rings (SSSR count). The molecule has 0 saturated heterocycles. The number of carbonyl (C=O) groups is 1. The Labute approximate surface area is 158 Å². The van der Waals surface area contributed by atoms with Crippen molar-refractivity contribution in [3.63, 3.8) is 0 Å². The number of nitrogens with zero attached hydrogens (tertiary/aromatic N) is 2. The van der Waals surface area contributed by atoms with E-state index in [-0.39, 0.29) is 5.91 Å². The molecule has 1 aliphatic carbocycles. The van der Waals surface area contributed by atoms with Gasteiger partial charge in [-0.05, 0) is 44.0 Å². The number of aryl methyl sites for hydroxylation is 1. The minimum atomic E-state index is -0.108. The van der Waals surface area contributed by atoms with Gasteiger partial charge in [-0.15, -0.1) is 34.4 Å². The van der Waals surface area contributed by atoms with Crippen LogP contribution in [0.3, 0.4) is 0 Å². The summed E-state index contributed by atoms with van der Waals surface area (Å²) in [6, 6.07) is 7.69. The van der Waals surface area contributed by atoms with E-state index in [0.29, 0.717) is 16.6 Å². The fourth-order valence-electron chi connectivity index (χ4n) is 2.41. The van der Waals surface area contributed by atoms with Gasteiger partial charge >= 0.3 is 0 Å². The summed E-state index contributed by atoms with van der Waals surface area (Å²) in [5, 5.41) is 8.81. The molecule has 0 radical (unpaired) electrons. The van der Waals surface area contributed by atoms with Crippen molar-refractivity contribution in [1.29, 1.82) is 0 Å². The SMILES string of the molecule is Cc1nc(CSc2ccc(C(=O)Nc3nc(C4CC4)cs3)cc2)cs1. The van der Waals surface area contributed by atoms with E-state index in [0.717, 1.165) is 27.0 Å². The van der Waals surface area contributed by atoms with Crippen LogP contribution in [0.4, 0.5) is 5.13 Å². The Hall–Kier alpha value is -1.70. The highest BCUT2D eigenvalue weighted by atomic mass is 32.2. The van der Waals surface area contributed by atoms with E-state index < -0.39 is 0 Å². The average molecular weight is 388 g/mol. The van der Waals surface area contributed by atoms with Gasteiger partial charge in [-0.3, -0.25) is 10.1 Å². The fraction of sp³-hybridized carbons (Fsp3) is 0.278. The number of thiazole rings is 2. The Morgan fingerprint density at radius 1 is 1.20 bits per heavy atom. The second-order valence-electron chi connectivity index (χ2n) is 5.98. The monoisotopic (exact) mass is 387 g/mol. The second-order valence-corrected chi connectivity index (χ2v) is 8.95. The van der Waals surface area contributed by atoms with Crippen LogP contribution in [-0.2, 0) is 5.75 Å². The van der Waals surface area contributed by atoms with E-state index in [2.05, 4.69) is 20.7 Å². The summed E-state index contributed by atoms with van der Waals surface area (Å²) in [5.74, 6) is 1.35. The average Bonchev–Trinajstić information content (AvgIpc) is 3.23. The molecule has 0 spiro atoms. The lowest BCUT2D eigenvalue weighted by molar-refractivity contribution is 0.102. The molecular formula is C18H17N3OS3. The third-order valence-electron chi connectivity index (χ3n) is 3.91. The smallest absolute Gasteiger partial charge is 0.257 e. The third-order valence-corrected chi connectivity index (χ3v) is 6.55. The van der Waals surface area contributed by atoms with Crippen molar-refractivity contribution in [3.05, 3.63) is 57.0 Å². The number of thioether (sulfide) groups is 1. The second kappa shape index (κ2) is 7.27. The molecule has 128 valence electrons. The van der Waals surface area contributed by atoms with Crippen molar-refractivity contribution in [3.8, 4) is 0 Å². The molecule has 25 heavy (non-hydrogen) atoms. The van der Waals surface area contributed by atoms with Crippen molar-refractivity contribution in [2.75, 3.05) is 5.32 Å². The van der Waals surface area contributed by atoms with Crippen molar-refractivity contribution in [1.82, 2.24) is 9.97 Å². The number of carbonyl (C=O) groups excluding carboxylic acids is 1. The Balaban J connectivity index is 1.34. The first-order valence-electron chi connectivity index (χ1n) is 8.08. The first kappa shape index (κ1) is 16.8. The van der Waals surface area contributed by atoms with Crippen LogP contribution in [0, 0.1) is 6.92 Å². The normalized spacial score (nSPS) is 13.8. The molecule has 1 N–H and O–H groups in total. The molecule has 7 heteroatoms. The summed E-state index contributed by atoms with van der Waals surface area (Å²) in [6.45, 7) is 2.02.